The van der Waals surface area contributed by atoms with Crippen LogP contribution in [0.25, 0.3) is 12.2 Å². The summed E-state index contributed by atoms with van der Waals surface area (Å²) >= 11 is 0. The van der Waals surface area contributed by atoms with Gasteiger partial charge in [0.05, 0.1) is 0 Å². The molecule has 0 atom stereocenters. The lowest BCUT2D eigenvalue weighted by atomic mass is 10.2. The highest BCUT2D eigenvalue weighted by atomic mass is 15.3. The Morgan fingerprint density at radius 3 is 2.29 bits per heavy atom. The molecule has 0 aliphatic carbocycles. The Kier molecular flexibility index (Phi) is 2.56. The molecule has 0 radical (unpaired) electrons. The molecule has 4 heteroatoms. The van der Waals surface area contributed by atoms with Gasteiger partial charge in [-0.05, 0) is 11.6 Å². The molecule has 4 nitrogen and oxygen atoms in total. The lowest BCUT2D eigenvalue weighted by molar-refractivity contribution is 0.839. The van der Waals surface area contributed by atoms with E-state index < -0.39 is 0 Å². The first-order valence-corrected chi connectivity index (χ1v) is 4.18. The van der Waals surface area contributed by atoms with E-state index in [1.54, 1.807) is 6.08 Å². The molecule has 68 valence electrons. The van der Waals surface area contributed by atoms with E-state index in [9.17, 15) is 0 Å². The third-order valence-corrected chi connectivity index (χ3v) is 1.65. The zero-order chi connectivity index (χ0) is 9.64. The molecule has 2 aromatic rings. The molecule has 1 aromatic carbocycles. The molecule has 0 fully saturated rings. The quantitative estimate of drug-likeness (QED) is 0.708. The third kappa shape index (κ3) is 2.20. The molecule has 0 aliphatic rings. The van der Waals surface area contributed by atoms with Gasteiger partial charge in [0.1, 0.15) is 0 Å². The predicted molar refractivity (Wildman–Crippen MR) is 53.0 cm³/mol. The highest BCUT2D eigenvalue weighted by Crippen LogP contribution is 2.02. The minimum absolute atomic E-state index is 0.511. The fourth-order valence-electron chi connectivity index (χ4n) is 1.01. The van der Waals surface area contributed by atoms with Gasteiger partial charge >= 0.3 is 0 Å². The summed E-state index contributed by atoms with van der Waals surface area (Å²) in [6, 6.07) is 9.92. The van der Waals surface area contributed by atoms with Gasteiger partial charge in [0, 0.05) is 0 Å². The second-order valence-corrected chi connectivity index (χ2v) is 2.65. The summed E-state index contributed by atoms with van der Waals surface area (Å²) < 4.78 is 0. The summed E-state index contributed by atoms with van der Waals surface area (Å²) in [7, 11) is 0. The summed E-state index contributed by atoms with van der Waals surface area (Å²) in [5.41, 5.74) is 1.10. The molecule has 0 saturated heterocycles. The lowest BCUT2D eigenvalue weighted by Gasteiger charge is -1.90. The van der Waals surface area contributed by atoms with E-state index in [4.69, 9.17) is 0 Å². The van der Waals surface area contributed by atoms with Crippen LogP contribution in [0.15, 0.2) is 36.7 Å². The van der Waals surface area contributed by atoms with Gasteiger partial charge in [0.15, 0.2) is 12.2 Å². The topological polar surface area (TPSA) is 51.6 Å². The molecule has 0 N–H and O–H groups in total. The number of hydrogen-bond acceptors (Lipinski definition) is 4. The summed E-state index contributed by atoms with van der Waals surface area (Å²) in [5, 5.41) is 14.8. The van der Waals surface area contributed by atoms with E-state index in [-0.39, 0.29) is 0 Å². The summed E-state index contributed by atoms with van der Waals surface area (Å²) in [6.45, 7) is 0. The van der Waals surface area contributed by atoms with Crippen LogP contribution in [0.4, 0.5) is 0 Å². The Morgan fingerprint density at radius 2 is 1.57 bits per heavy atom. The molecule has 2 rings (SSSR count). The molecular formula is C10H8N4. The van der Waals surface area contributed by atoms with Crippen molar-refractivity contribution >= 4 is 12.2 Å². The van der Waals surface area contributed by atoms with Gasteiger partial charge in [-0.1, -0.05) is 36.4 Å². The predicted octanol–water partition coefficient (Wildman–Crippen LogP) is 1.44. The van der Waals surface area contributed by atoms with Crippen molar-refractivity contribution in [3.05, 3.63) is 48.0 Å². The molecule has 0 amide bonds. The van der Waals surface area contributed by atoms with Gasteiger partial charge in [-0.25, -0.2) is 0 Å². The number of hydrogen-bond donors (Lipinski definition) is 0. The van der Waals surface area contributed by atoms with E-state index >= 15 is 0 Å². The van der Waals surface area contributed by atoms with Crippen LogP contribution in [0.1, 0.15) is 11.4 Å². The van der Waals surface area contributed by atoms with Crippen molar-refractivity contribution in [2.75, 3.05) is 0 Å². The van der Waals surface area contributed by atoms with E-state index in [1.807, 2.05) is 36.4 Å². The number of nitrogens with zero attached hydrogens (tertiary/aromatic N) is 4. The Hall–Kier alpha value is -2.10. The highest BCUT2D eigenvalue weighted by molar-refractivity contribution is 5.65. The summed E-state index contributed by atoms with van der Waals surface area (Å²) in [5.74, 6) is 0.511. The second kappa shape index (κ2) is 4.23. The normalized spacial score (nSPS) is 10.6. The average molecular weight is 184 g/mol. The Morgan fingerprint density at radius 1 is 0.857 bits per heavy atom. The Labute approximate surface area is 81.3 Å². The molecule has 0 unspecified atom stereocenters. The fraction of sp³-hybridized carbons (Fsp3) is 0. The van der Waals surface area contributed by atoms with Crippen LogP contribution in [-0.4, -0.2) is 20.4 Å². The molecule has 1 heterocycles. The fourth-order valence-corrected chi connectivity index (χ4v) is 1.01. The smallest absolute Gasteiger partial charge is 0.135 e. The second-order valence-electron chi connectivity index (χ2n) is 2.65. The number of rotatable bonds is 2. The SMILES string of the molecule is C(=C\c1nncnn1)/c1ccccc1. The van der Waals surface area contributed by atoms with E-state index in [1.165, 1.54) is 6.33 Å². The first-order chi connectivity index (χ1) is 6.95. The lowest BCUT2D eigenvalue weighted by Crippen LogP contribution is -1.91. The maximum atomic E-state index is 3.78. The molecule has 1 aromatic heterocycles. The summed E-state index contributed by atoms with van der Waals surface area (Å²) in [4.78, 5) is 0. The van der Waals surface area contributed by atoms with Gasteiger partial charge in [-0.2, -0.15) is 0 Å². The average Bonchev–Trinajstić information content (AvgIpc) is 2.29. The van der Waals surface area contributed by atoms with Crippen LogP contribution in [0, 0.1) is 0 Å². The van der Waals surface area contributed by atoms with E-state index in [2.05, 4.69) is 20.4 Å². The number of aromatic nitrogens is 4. The van der Waals surface area contributed by atoms with E-state index in [0.29, 0.717) is 5.82 Å². The minimum atomic E-state index is 0.511. The van der Waals surface area contributed by atoms with Gasteiger partial charge in [0.2, 0.25) is 0 Å². The maximum Gasteiger partial charge on any atom is 0.196 e. The van der Waals surface area contributed by atoms with Crippen molar-refractivity contribution in [3.8, 4) is 0 Å². The molecule has 0 spiro atoms. The first-order valence-electron chi connectivity index (χ1n) is 4.18. The van der Waals surface area contributed by atoms with E-state index in [0.717, 1.165) is 5.56 Å². The van der Waals surface area contributed by atoms with Crippen LogP contribution in [-0.2, 0) is 0 Å². The molecule has 14 heavy (non-hydrogen) atoms. The molecule has 0 bridgehead atoms. The zero-order valence-corrected chi connectivity index (χ0v) is 7.41. The first kappa shape index (κ1) is 8.50. The van der Waals surface area contributed by atoms with Crippen LogP contribution in [0.5, 0.6) is 0 Å². The Bertz CT molecular complexity index is 369. The standard InChI is InChI=1S/C10H8N4/c1-2-4-9(5-3-1)6-7-10-13-11-8-12-14-10/h1-8H/b7-6+. The van der Waals surface area contributed by atoms with Gasteiger partial charge in [0.25, 0.3) is 0 Å². The van der Waals surface area contributed by atoms with Crippen LogP contribution >= 0.6 is 0 Å². The van der Waals surface area contributed by atoms with Crippen molar-refractivity contribution < 1.29 is 0 Å². The molecule has 0 saturated carbocycles. The van der Waals surface area contributed by atoms with Gasteiger partial charge in [-0.3, -0.25) is 0 Å². The summed E-state index contributed by atoms with van der Waals surface area (Å²) in [6.07, 6.45) is 4.99. The minimum Gasteiger partial charge on any atom is -0.135 e. The van der Waals surface area contributed by atoms with Crippen LogP contribution < -0.4 is 0 Å². The van der Waals surface area contributed by atoms with Crippen molar-refractivity contribution in [3.63, 3.8) is 0 Å². The highest BCUT2D eigenvalue weighted by Gasteiger charge is 1.88. The number of benzene rings is 1. The zero-order valence-electron chi connectivity index (χ0n) is 7.41. The third-order valence-electron chi connectivity index (χ3n) is 1.65. The monoisotopic (exact) mass is 184 g/mol. The van der Waals surface area contributed by atoms with Crippen LogP contribution in [0.3, 0.4) is 0 Å². The van der Waals surface area contributed by atoms with Crippen molar-refractivity contribution in [2.45, 2.75) is 0 Å². The van der Waals surface area contributed by atoms with Gasteiger partial charge < -0.3 is 0 Å². The van der Waals surface area contributed by atoms with Gasteiger partial charge in [-0.15, -0.1) is 20.4 Å². The molecular weight excluding hydrogens is 176 g/mol. The van der Waals surface area contributed by atoms with Crippen LogP contribution in [0.2, 0.25) is 0 Å². The van der Waals surface area contributed by atoms with Crippen molar-refractivity contribution in [2.24, 2.45) is 0 Å². The molecule has 0 aliphatic heterocycles. The Balaban J connectivity index is 2.16. The largest absolute Gasteiger partial charge is 0.196 e. The maximum absolute atomic E-state index is 3.78. The van der Waals surface area contributed by atoms with Crippen molar-refractivity contribution in [1.82, 2.24) is 20.4 Å². The van der Waals surface area contributed by atoms with Crippen molar-refractivity contribution in [1.29, 1.82) is 0 Å².